The number of hydrogen-bond acceptors (Lipinski definition) is 9. The summed E-state index contributed by atoms with van der Waals surface area (Å²) in [7, 11) is 2.19. The van der Waals surface area contributed by atoms with Crippen LogP contribution in [0.5, 0.6) is 5.75 Å². The van der Waals surface area contributed by atoms with E-state index in [0.29, 0.717) is 5.56 Å². The SMILES string of the molecule is COC(=O)C1=C(C(=O)OC)N(c2ccc3c(c2)C(O)CC(C(F)(F)F)O3)C(N)=C(C#N)C1c1ccccc1. The number of aliphatic hydroxyl groups excluding tert-OH is 1. The third-order valence-corrected chi connectivity index (χ3v) is 6.29. The van der Waals surface area contributed by atoms with Crippen LogP contribution in [-0.4, -0.2) is 43.5 Å². The molecule has 4 rings (SSSR count). The fourth-order valence-corrected chi connectivity index (χ4v) is 4.56. The molecule has 0 saturated heterocycles. The van der Waals surface area contributed by atoms with E-state index in [2.05, 4.69) is 0 Å². The standard InChI is InChI=1S/C26H22F3N3O6/c1-36-24(34)21-20(13-6-4-3-5-7-13)16(12-30)23(31)32(22(21)25(35)37-2)14-8-9-18-15(10-14)17(33)11-19(38-18)26(27,28)29/h3-10,17,19-20,33H,11,31H2,1-2H3. The second-order valence-electron chi connectivity index (χ2n) is 8.46. The summed E-state index contributed by atoms with van der Waals surface area (Å²) in [6, 6.07) is 14.1. The van der Waals surface area contributed by atoms with E-state index in [-0.39, 0.29) is 39.7 Å². The smallest absolute Gasteiger partial charge is 0.425 e. The Morgan fingerprint density at radius 2 is 1.79 bits per heavy atom. The number of hydrogen-bond donors (Lipinski definition) is 2. The van der Waals surface area contributed by atoms with Gasteiger partial charge in [-0.3, -0.25) is 4.90 Å². The molecule has 2 aliphatic rings. The summed E-state index contributed by atoms with van der Waals surface area (Å²) in [6.07, 6.45) is -9.21. The van der Waals surface area contributed by atoms with Crippen molar-refractivity contribution >= 4 is 17.6 Å². The molecule has 9 nitrogen and oxygen atoms in total. The van der Waals surface area contributed by atoms with Gasteiger partial charge in [-0.15, -0.1) is 0 Å². The summed E-state index contributed by atoms with van der Waals surface area (Å²) < 4.78 is 54.6. The first-order chi connectivity index (χ1) is 18.0. The fourth-order valence-electron chi connectivity index (χ4n) is 4.56. The highest BCUT2D eigenvalue weighted by atomic mass is 19.4. The summed E-state index contributed by atoms with van der Waals surface area (Å²) in [4.78, 5) is 27.3. The van der Waals surface area contributed by atoms with Crippen LogP contribution in [0.2, 0.25) is 0 Å². The van der Waals surface area contributed by atoms with Gasteiger partial charge < -0.3 is 25.1 Å². The number of ether oxygens (including phenoxy) is 3. The van der Waals surface area contributed by atoms with Crippen LogP contribution in [0.15, 0.2) is 71.2 Å². The number of carbonyl (C=O) groups excluding carboxylic acids is 2. The molecular formula is C26H22F3N3O6. The molecule has 3 N–H and O–H groups in total. The number of nitriles is 1. The molecular weight excluding hydrogens is 507 g/mol. The van der Waals surface area contributed by atoms with Gasteiger partial charge in [-0.25, -0.2) is 9.59 Å². The predicted molar refractivity (Wildman–Crippen MR) is 126 cm³/mol. The lowest BCUT2D eigenvalue weighted by Gasteiger charge is -2.37. The predicted octanol–water partition coefficient (Wildman–Crippen LogP) is 3.33. The number of nitrogens with two attached hydrogens (primary N) is 1. The van der Waals surface area contributed by atoms with Crippen LogP contribution >= 0.6 is 0 Å². The van der Waals surface area contributed by atoms with E-state index in [1.165, 1.54) is 18.2 Å². The molecule has 198 valence electrons. The van der Waals surface area contributed by atoms with Crippen molar-refractivity contribution in [2.45, 2.75) is 30.7 Å². The van der Waals surface area contributed by atoms with Gasteiger partial charge in [0.15, 0.2) is 6.10 Å². The summed E-state index contributed by atoms with van der Waals surface area (Å²) >= 11 is 0. The first kappa shape index (κ1) is 26.6. The van der Waals surface area contributed by atoms with Crippen molar-refractivity contribution in [2.75, 3.05) is 19.1 Å². The minimum atomic E-state index is -4.69. The number of fused-ring (bicyclic) bond motifs is 1. The lowest BCUT2D eigenvalue weighted by Crippen LogP contribution is -2.41. The molecule has 0 radical (unpaired) electrons. The molecule has 2 aromatic rings. The Morgan fingerprint density at radius 1 is 1.13 bits per heavy atom. The minimum Gasteiger partial charge on any atom is -0.480 e. The van der Waals surface area contributed by atoms with Crippen LogP contribution in [0, 0.1) is 11.3 Å². The highest BCUT2D eigenvalue weighted by Gasteiger charge is 2.47. The van der Waals surface area contributed by atoms with E-state index >= 15 is 0 Å². The normalized spacial score (nSPS) is 21.3. The number of esters is 2. The molecule has 0 amide bonds. The Kier molecular flexibility index (Phi) is 7.06. The van der Waals surface area contributed by atoms with Gasteiger partial charge in [0.25, 0.3) is 0 Å². The molecule has 2 aliphatic heterocycles. The maximum Gasteiger partial charge on any atom is 0.425 e. The van der Waals surface area contributed by atoms with Crippen molar-refractivity contribution in [3.05, 3.63) is 82.3 Å². The quantitative estimate of drug-likeness (QED) is 0.572. The second-order valence-corrected chi connectivity index (χ2v) is 8.46. The number of carbonyl (C=O) groups is 2. The molecule has 0 saturated carbocycles. The number of aliphatic hydroxyl groups is 1. The lowest BCUT2D eigenvalue weighted by atomic mass is 9.81. The maximum atomic E-state index is 13.2. The molecule has 3 atom stereocenters. The summed E-state index contributed by atoms with van der Waals surface area (Å²) in [6.45, 7) is 0. The Hall–Kier alpha value is -4.50. The molecule has 0 aromatic heterocycles. The van der Waals surface area contributed by atoms with Gasteiger partial charge in [0, 0.05) is 17.7 Å². The first-order valence-corrected chi connectivity index (χ1v) is 11.2. The maximum absolute atomic E-state index is 13.2. The van der Waals surface area contributed by atoms with Crippen LogP contribution in [-0.2, 0) is 19.1 Å². The number of rotatable bonds is 4. The summed E-state index contributed by atoms with van der Waals surface area (Å²) in [5.74, 6) is -3.45. The minimum absolute atomic E-state index is 0.00308. The van der Waals surface area contributed by atoms with Crippen molar-refractivity contribution in [3.8, 4) is 11.8 Å². The third-order valence-electron chi connectivity index (χ3n) is 6.29. The molecule has 12 heteroatoms. The number of nitrogens with zero attached hydrogens (tertiary/aromatic N) is 2. The molecule has 0 bridgehead atoms. The molecule has 38 heavy (non-hydrogen) atoms. The molecule has 3 unspecified atom stereocenters. The fraction of sp³-hybridized carbons (Fsp3) is 0.269. The number of halogens is 3. The Bertz CT molecular complexity index is 1380. The van der Waals surface area contributed by atoms with Gasteiger partial charge in [0.1, 0.15) is 17.3 Å². The van der Waals surface area contributed by atoms with E-state index in [9.17, 15) is 33.1 Å². The van der Waals surface area contributed by atoms with Gasteiger partial charge in [-0.1, -0.05) is 30.3 Å². The molecule has 0 spiro atoms. The van der Waals surface area contributed by atoms with Crippen molar-refractivity contribution in [1.29, 1.82) is 5.26 Å². The number of methoxy groups -OCH3 is 2. The van der Waals surface area contributed by atoms with Crippen molar-refractivity contribution < 1.29 is 42.1 Å². The van der Waals surface area contributed by atoms with Crippen molar-refractivity contribution in [3.63, 3.8) is 0 Å². The Balaban J connectivity index is 1.95. The van der Waals surface area contributed by atoms with E-state index in [1.54, 1.807) is 30.3 Å². The van der Waals surface area contributed by atoms with Gasteiger partial charge in [0.2, 0.25) is 0 Å². The first-order valence-electron chi connectivity index (χ1n) is 11.2. The molecule has 2 heterocycles. The Morgan fingerprint density at radius 3 is 2.37 bits per heavy atom. The average molecular weight is 529 g/mol. The molecule has 2 aromatic carbocycles. The number of allylic oxidation sites excluding steroid dienone is 1. The monoisotopic (exact) mass is 529 g/mol. The van der Waals surface area contributed by atoms with Crippen LogP contribution in [0.3, 0.4) is 0 Å². The van der Waals surface area contributed by atoms with Crippen LogP contribution in [0.4, 0.5) is 18.9 Å². The third kappa shape index (κ3) is 4.52. The van der Waals surface area contributed by atoms with Crippen molar-refractivity contribution in [1.82, 2.24) is 0 Å². The number of benzene rings is 2. The molecule has 0 fully saturated rings. The van der Waals surface area contributed by atoms with Crippen molar-refractivity contribution in [2.24, 2.45) is 5.73 Å². The van der Waals surface area contributed by atoms with E-state index in [0.717, 1.165) is 19.1 Å². The summed E-state index contributed by atoms with van der Waals surface area (Å²) in [5, 5.41) is 20.6. The second kappa shape index (κ2) is 10.1. The average Bonchev–Trinajstić information content (AvgIpc) is 2.91. The number of anilines is 1. The van der Waals surface area contributed by atoms with E-state index in [4.69, 9.17) is 19.9 Å². The zero-order valence-electron chi connectivity index (χ0n) is 20.2. The van der Waals surface area contributed by atoms with Gasteiger partial charge >= 0.3 is 18.1 Å². The lowest BCUT2D eigenvalue weighted by molar-refractivity contribution is -0.207. The zero-order valence-corrected chi connectivity index (χ0v) is 20.2. The van der Waals surface area contributed by atoms with Gasteiger partial charge in [0.05, 0.1) is 43.5 Å². The van der Waals surface area contributed by atoms with Crippen LogP contribution < -0.4 is 15.4 Å². The number of alkyl halides is 3. The van der Waals surface area contributed by atoms with Crippen LogP contribution in [0.25, 0.3) is 0 Å². The van der Waals surface area contributed by atoms with E-state index < -0.39 is 42.7 Å². The van der Waals surface area contributed by atoms with Gasteiger partial charge in [-0.05, 0) is 23.8 Å². The molecule has 0 aliphatic carbocycles. The Labute approximate surface area is 215 Å². The topological polar surface area (TPSA) is 135 Å². The van der Waals surface area contributed by atoms with Gasteiger partial charge in [-0.2, -0.15) is 18.4 Å². The summed E-state index contributed by atoms with van der Waals surface area (Å²) in [5.41, 5.74) is 6.28. The van der Waals surface area contributed by atoms with Crippen LogP contribution in [0.1, 0.15) is 29.6 Å². The van der Waals surface area contributed by atoms with E-state index in [1.807, 2.05) is 6.07 Å². The zero-order chi connectivity index (χ0) is 27.8. The largest absolute Gasteiger partial charge is 0.480 e. The highest BCUT2D eigenvalue weighted by molar-refractivity contribution is 6.06. The highest BCUT2D eigenvalue weighted by Crippen LogP contribution is 2.46.